The smallest absolute Gasteiger partial charge is 0.262 e. The van der Waals surface area contributed by atoms with E-state index in [1.165, 1.54) is 27.8 Å². The zero-order chi connectivity index (χ0) is 18.1. The Hall–Kier alpha value is -2.76. The van der Waals surface area contributed by atoms with E-state index in [4.69, 9.17) is 0 Å². The Kier molecular flexibility index (Phi) is 4.41. The summed E-state index contributed by atoms with van der Waals surface area (Å²) in [6.45, 7) is 2.21. The van der Waals surface area contributed by atoms with Gasteiger partial charge in [0.15, 0.2) is 0 Å². The van der Waals surface area contributed by atoms with Crippen LogP contribution in [-0.2, 0) is 6.54 Å². The second-order valence-electron chi connectivity index (χ2n) is 6.32. The van der Waals surface area contributed by atoms with E-state index in [1.54, 1.807) is 0 Å². The minimum absolute atomic E-state index is 0.123. The molecule has 0 saturated heterocycles. The third-order valence-electron chi connectivity index (χ3n) is 4.48. The van der Waals surface area contributed by atoms with Crippen molar-refractivity contribution >= 4 is 21.6 Å². The van der Waals surface area contributed by atoms with Crippen molar-refractivity contribution in [1.29, 1.82) is 0 Å². The third kappa shape index (κ3) is 3.07. The molecule has 4 rings (SSSR count). The molecule has 130 valence electrons. The van der Waals surface area contributed by atoms with Crippen LogP contribution in [0.2, 0.25) is 0 Å². The quantitative estimate of drug-likeness (QED) is 0.593. The van der Waals surface area contributed by atoms with Crippen LogP contribution in [0.1, 0.15) is 17.2 Å². The molecule has 4 aromatic rings. The summed E-state index contributed by atoms with van der Waals surface area (Å²) in [5, 5.41) is 13.0. The van der Waals surface area contributed by atoms with E-state index >= 15 is 0 Å². The van der Waals surface area contributed by atoms with Gasteiger partial charge in [0, 0.05) is 10.9 Å². The molecule has 1 N–H and O–H groups in total. The summed E-state index contributed by atoms with van der Waals surface area (Å²) in [6.07, 6.45) is 0.765. The summed E-state index contributed by atoms with van der Waals surface area (Å²) in [4.78, 5) is 18.2. The van der Waals surface area contributed by atoms with E-state index in [0.29, 0.717) is 5.39 Å². The molecule has 0 aliphatic heterocycles. The minimum Gasteiger partial charge on any atom is -0.387 e. The van der Waals surface area contributed by atoms with Gasteiger partial charge in [0.1, 0.15) is 4.83 Å². The Balaban J connectivity index is 1.76. The number of aryl methyl sites for hydroxylation is 1. The Morgan fingerprint density at radius 1 is 1.12 bits per heavy atom. The Bertz CT molecular complexity index is 1100. The molecule has 2 aromatic heterocycles. The van der Waals surface area contributed by atoms with Gasteiger partial charge < -0.3 is 5.11 Å². The van der Waals surface area contributed by atoms with E-state index < -0.39 is 6.10 Å². The third-order valence-corrected chi connectivity index (χ3v) is 5.36. The highest BCUT2D eigenvalue weighted by Crippen LogP contribution is 2.30. The number of aliphatic hydroxyl groups is 1. The van der Waals surface area contributed by atoms with Gasteiger partial charge in [-0.2, -0.15) is 0 Å². The first kappa shape index (κ1) is 16.7. The molecule has 0 aliphatic rings. The molecule has 0 spiro atoms. The fraction of sp³-hybridized carbons (Fsp3) is 0.143. The van der Waals surface area contributed by atoms with Gasteiger partial charge in [0.05, 0.1) is 24.4 Å². The molecule has 1 atom stereocenters. The summed E-state index contributed by atoms with van der Waals surface area (Å²) in [5.41, 5.74) is 3.73. The molecule has 0 aliphatic carbocycles. The summed E-state index contributed by atoms with van der Waals surface area (Å²) in [5.74, 6) is 0. The predicted molar refractivity (Wildman–Crippen MR) is 105 cm³/mol. The van der Waals surface area contributed by atoms with Crippen LogP contribution < -0.4 is 5.56 Å². The maximum Gasteiger partial charge on any atom is 0.262 e. The second kappa shape index (κ2) is 6.86. The number of fused-ring (bicyclic) bond motifs is 1. The van der Waals surface area contributed by atoms with Crippen molar-refractivity contribution < 1.29 is 5.11 Å². The van der Waals surface area contributed by atoms with Crippen molar-refractivity contribution in [3.8, 4) is 11.1 Å². The van der Waals surface area contributed by atoms with Gasteiger partial charge in [-0.05, 0) is 18.1 Å². The zero-order valence-electron chi connectivity index (χ0n) is 14.3. The number of hydrogen-bond acceptors (Lipinski definition) is 4. The van der Waals surface area contributed by atoms with Crippen molar-refractivity contribution in [1.82, 2.24) is 9.55 Å². The lowest BCUT2D eigenvalue weighted by Gasteiger charge is -2.13. The predicted octanol–water partition coefficient (Wildman–Crippen LogP) is 4.17. The molecular weight excluding hydrogens is 344 g/mol. The van der Waals surface area contributed by atoms with Gasteiger partial charge in [-0.1, -0.05) is 60.2 Å². The highest BCUT2D eigenvalue weighted by Gasteiger charge is 2.15. The lowest BCUT2D eigenvalue weighted by atomic mass is 10.0. The summed E-state index contributed by atoms with van der Waals surface area (Å²) in [6, 6.07) is 17.5. The molecule has 0 amide bonds. The van der Waals surface area contributed by atoms with Crippen LogP contribution in [0.4, 0.5) is 0 Å². The first-order valence-corrected chi connectivity index (χ1v) is 9.28. The van der Waals surface area contributed by atoms with Gasteiger partial charge in [-0.3, -0.25) is 9.36 Å². The monoisotopic (exact) mass is 362 g/mol. The zero-order valence-corrected chi connectivity index (χ0v) is 15.1. The molecule has 4 nitrogen and oxygen atoms in total. The number of rotatable bonds is 4. The molecule has 0 fully saturated rings. The molecule has 26 heavy (non-hydrogen) atoms. The number of thiophene rings is 1. The van der Waals surface area contributed by atoms with E-state index in [2.05, 4.69) is 4.98 Å². The van der Waals surface area contributed by atoms with Crippen molar-refractivity contribution in [3.63, 3.8) is 0 Å². The minimum atomic E-state index is -0.755. The van der Waals surface area contributed by atoms with Crippen LogP contribution in [0.3, 0.4) is 0 Å². The lowest BCUT2D eigenvalue weighted by molar-refractivity contribution is 0.155. The number of aromatic nitrogens is 2. The average Bonchev–Trinajstić information content (AvgIpc) is 3.10. The van der Waals surface area contributed by atoms with Crippen LogP contribution in [0.25, 0.3) is 21.3 Å². The topological polar surface area (TPSA) is 55.1 Å². The van der Waals surface area contributed by atoms with Crippen LogP contribution in [0.5, 0.6) is 0 Å². The van der Waals surface area contributed by atoms with E-state index in [1.807, 2.05) is 66.9 Å². The van der Waals surface area contributed by atoms with Crippen LogP contribution in [0.15, 0.2) is 71.1 Å². The lowest BCUT2D eigenvalue weighted by Crippen LogP contribution is -2.23. The molecule has 0 saturated carbocycles. The van der Waals surface area contributed by atoms with E-state index in [0.717, 1.165) is 21.5 Å². The van der Waals surface area contributed by atoms with Gasteiger partial charge in [0.2, 0.25) is 0 Å². The fourth-order valence-electron chi connectivity index (χ4n) is 3.01. The Morgan fingerprint density at radius 3 is 2.58 bits per heavy atom. The second-order valence-corrected chi connectivity index (χ2v) is 7.18. The molecule has 2 heterocycles. The van der Waals surface area contributed by atoms with E-state index in [-0.39, 0.29) is 12.1 Å². The molecule has 0 bridgehead atoms. The standard InChI is InChI=1S/C21H18N2O2S/c1-14-7-9-15(10-8-14)17-12-26-20-19(17)21(25)23(13-22-20)11-18(24)16-5-3-2-4-6-16/h2-10,12-13,18,24H,11H2,1H3/t18-/m0/s1. The summed E-state index contributed by atoms with van der Waals surface area (Å²) < 4.78 is 1.49. The molecular formula is C21H18N2O2S. The molecule has 5 heteroatoms. The first-order chi connectivity index (χ1) is 12.6. The maximum atomic E-state index is 13.0. The number of aliphatic hydroxyl groups excluding tert-OH is 1. The SMILES string of the molecule is Cc1ccc(-c2csc3ncn(C[C@H](O)c4ccccc4)c(=O)c23)cc1. The Labute approximate surface area is 155 Å². The van der Waals surface area contributed by atoms with Crippen molar-refractivity contribution in [3.05, 3.63) is 87.8 Å². The van der Waals surface area contributed by atoms with Gasteiger partial charge in [-0.25, -0.2) is 4.98 Å². The molecule has 0 radical (unpaired) electrons. The van der Waals surface area contributed by atoms with Crippen LogP contribution in [0, 0.1) is 6.92 Å². The normalized spacial score (nSPS) is 12.4. The highest BCUT2D eigenvalue weighted by atomic mass is 32.1. The maximum absolute atomic E-state index is 13.0. The summed E-state index contributed by atoms with van der Waals surface area (Å²) >= 11 is 1.46. The van der Waals surface area contributed by atoms with Crippen LogP contribution >= 0.6 is 11.3 Å². The Morgan fingerprint density at radius 2 is 1.85 bits per heavy atom. The largest absolute Gasteiger partial charge is 0.387 e. The van der Waals surface area contributed by atoms with Crippen molar-refractivity contribution in [2.75, 3.05) is 0 Å². The molecule has 0 unspecified atom stereocenters. The summed E-state index contributed by atoms with van der Waals surface area (Å²) in [7, 11) is 0. The number of nitrogens with zero attached hydrogens (tertiary/aromatic N) is 2. The van der Waals surface area contributed by atoms with Crippen molar-refractivity contribution in [2.45, 2.75) is 19.6 Å². The number of benzene rings is 2. The van der Waals surface area contributed by atoms with Gasteiger partial charge in [-0.15, -0.1) is 11.3 Å². The molecule has 2 aromatic carbocycles. The first-order valence-electron chi connectivity index (χ1n) is 8.40. The van der Waals surface area contributed by atoms with Crippen molar-refractivity contribution in [2.24, 2.45) is 0 Å². The van der Waals surface area contributed by atoms with Gasteiger partial charge in [0.25, 0.3) is 5.56 Å². The van der Waals surface area contributed by atoms with E-state index in [9.17, 15) is 9.90 Å². The average molecular weight is 362 g/mol. The van der Waals surface area contributed by atoms with Crippen LogP contribution in [-0.4, -0.2) is 14.7 Å². The van der Waals surface area contributed by atoms with Gasteiger partial charge >= 0.3 is 0 Å². The highest BCUT2D eigenvalue weighted by molar-refractivity contribution is 7.17. The number of hydrogen-bond donors (Lipinski definition) is 1. The fourth-order valence-corrected chi connectivity index (χ4v) is 3.92.